The summed E-state index contributed by atoms with van der Waals surface area (Å²) in [6, 6.07) is 13.5. The normalized spacial score (nSPS) is 10.4. The summed E-state index contributed by atoms with van der Waals surface area (Å²) < 4.78 is 5.99. The first kappa shape index (κ1) is 17.2. The van der Waals surface area contributed by atoms with E-state index in [1.807, 2.05) is 6.92 Å². The molecule has 132 valence electrons. The number of hydrogen-bond donors (Lipinski definition) is 2. The molecule has 0 aliphatic heterocycles. The number of carbonyl (C=O) groups excluding carboxylic acids is 1. The van der Waals surface area contributed by atoms with Crippen LogP contribution >= 0.6 is 0 Å². The number of H-pyrrole nitrogens is 1. The molecule has 2 N–H and O–H groups in total. The van der Waals surface area contributed by atoms with E-state index < -0.39 is 17.2 Å². The van der Waals surface area contributed by atoms with Crippen LogP contribution in [0.5, 0.6) is 5.75 Å². The van der Waals surface area contributed by atoms with E-state index in [2.05, 4.69) is 10.3 Å². The number of benzene rings is 2. The van der Waals surface area contributed by atoms with Crippen LogP contribution in [0.15, 0.2) is 64.3 Å². The van der Waals surface area contributed by atoms with Crippen LogP contribution in [0, 0.1) is 6.92 Å². The topological polar surface area (TPSA) is 93.2 Å². The van der Waals surface area contributed by atoms with Gasteiger partial charge in [0.25, 0.3) is 11.5 Å². The van der Waals surface area contributed by atoms with Gasteiger partial charge in [-0.15, -0.1) is 0 Å². The van der Waals surface area contributed by atoms with Crippen molar-refractivity contribution < 1.29 is 9.53 Å². The number of nitrogens with zero attached hydrogens (tertiary/aromatic N) is 1. The third-order valence-corrected chi connectivity index (χ3v) is 3.86. The molecular weight excluding hydrogens is 334 g/mol. The first-order chi connectivity index (χ1) is 12.5. The number of ether oxygens (including phenoxy) is 1. The summed E-state index contributed by atoms with van der Waals surface area (Å²) in [7, 11) is 1.54. The minimum absolute atomic E-state index is 0.166. The average Bonchev–Trinajstić information content (AvgIpc) is 2.64. The fourth-order valence-corrected chi connectivity index (χ4v) is 2.44. The van der Waals surface area contributed by atoms with Crippen LogP contribution in [-0.2, 0) is 0 Å². The molecule has 0 saturated carbocycles. The minimum Gasteiger partial charge on any atom is -0.497 e. The Morgan fingerprint density at radius 1 is 1.04 bits per heavy atom. The van der Waals surface area contributed by atoms with Crippen molar-refractivity contribution in [2.24, 2.45) is 0 Å². The zero-order valence-electron chi connectivity index (χ0n) is 14.3. The van der Waals surface area contributed by atoms with Crippen molar-refractivity contribution in [2.45, 2.75) is 6.92 Å². The summed E-state index contributed by atoms with van der Waals surface area (Å²) >= 11 is 0. The molecule has 3 rings (SSSR count). The van der Waals surface area contributed by atoms with Crippen LogP contribution in [0.3, 0.4) is 0 Å². The summed E-state index contributed by atoms with van der Waals surface area (Å²) in [4.78, 5) is 39.7. The van der Waals surface area contributed by atoms with Crippen LogP contribution in [0.1, 0.15) is 15.9 Å². The summed E-state index contributed by atoms with van der Waals surface area (Å²) in [5.74, 6) is 0.0334. The number of anilines is 1. The Kier molecular flexibility index (Phi) is 4.70. The van der Waals surface area contributed by atoms with Crippen molar-refractivity contribution >= 4 is 11.6 Å². The smallest absolute Gasteiger partial charge is 0.333 e. The predicted octanol–water partition coefficient (Wildman–Crippen LogP) is 2.10. The van der Waals surface area contributed by atoms with Gasteiger partial charge in [-0.2, -0.15) is 0 Å². The van der Waals surface area contributed by atoms with Crippen molar-refractivity contribution in [1.29, 1.82) is 0 Å². The lowest BCUT2D eigenvalue weighted by Crippen LogP contribution is -2.38. The summed E-state index contributed by atoms with van der Waals surface area (Å²) in [6.45, 7) is 1.90. The van der Waals surface area contributed by atoms with E-state index in [1.54, 1.807) is 55.6 Å². The molecule has 1 heterocycles. The standard InChI is InChI=1S/C19H17N3O4/c1-12-3-7-14(8-4-12)22-18(24)16(11-20-19(22)25)17(23)21-13-5-9-15(26-2)10-6-13/h3-11H,1-2H3,(H,20,25)(H,21,23). The second kappa shape index (κ2) is 7.10. The molecule has 0 atom stereocenters. The second-order valence-electron chi connectivity index (χ2n) is 5.67. The zero-order valence-corrected chi connectivity index (χ0v) is 14.3. The van der Waals surface area contributed by atoms with Gasteiger partial charge in [0.1, 0.15) is 11.3 Å². The molecule has 1 amide bonds. The molecule has 0 saturated heterocycles. The van der Waals surface area contributed by atoms with E-state index in [0.29, 0.717) is 17.1 Å². The highest BCUT2D eigenvalue weighted by Crippen LogP contribution is 2.15. The van der Waals surface area contributed by atoms with E-state index in [-0.39, 0.29) is 5.56 Å². The number of aryl methyl sites for hydroxylation is 1. The van der Waals surface area contributed by atoms with Gasteiger partial charge in [0, 0.05) is 11.9 Å². The number of nitrogens with one attached hydrogen (secondary N) is 2. The van der Waals surface area contributed by atoms with Gasteiger partial charge in [0.15, 0.2) is 0 Å². The number of aromatic amines is 1. The first-order valence-corrected chi connectivity index (χ1v) is 7.87. The number of carbonyl (C=O) groups is 1. The molecular formula is C19H17N3O4. The third kappa shape index (κ3) is 3.41. The van der Waals surface area contributed by atoms with Gasteiger partial charge in [-0.05, 0) is 43.3 Å². The number of aromatic nitrogens is 2. The molecule has 0 aliphatic rings. The molecule has 7 heteroatoms. The predicted molar refractivity (Wildman–Crippen MR) is 98.3 cm³/mol. The lowest BCUT2D eigenvalue weighted by molar-refractivity contribution is 0.102. The summed E-state index contributed by atoms with van der Waals surface area (Å²) in [5.41, 5.74) is 0.417. The molecule has 0 radical (unpaired) electrons. The van der Waals surface area contributed by atoms with Gasteiger partial charge >= 0.3 is 5.69 Å². The second-order valence-corrected chi connectivity index (χ2v) is 5.67. The van der Waals surface area contributed by atoms with Gasteiger partial charge < -0.3 is 15.0 Å². The molecule has 0 aliphatic carbocycles. The molecule has 2 aromatic carbocycles. The van der Waals surface area contributed by atoms with Crippen molar-refractivity contribution in [1.82, 2.24) is 9.55 Å². The Morgan fingerprint density at radius 2 is 1.69 bits per heavy atom. The van der Waals surface area contributed by atoms with Crippen LogP contribution in [0.25, 0.3) is 5.69 Å². The zero-order chi connectivity index (χ0) is 18.7. The lowest BCUT2D eigenvalue weighted by Gasteiger charge is -2.09. The number of methoxy groups -OCH3 is 1. The number of rotatable bonds is 4. The molecule has 7 nitrogen and oxygen atoms in total. The monoisotopic (exact) mass is 351 g/mol. The average molecular weight is 351 g/mol. The van der Waals surface area contributed by atoms with Crippen molar-refractivity contribution in [3.05, 3.63) is 86.7 Å². The maximum absolute atomic E-state index is 12.7. The summed E-state index contributed by atoms with van der Waals surface area (Å²) in [5, 5.41) is 2.63. The third-order valence-electron chi connectivity index (χ3n) is 3.86. The number of hydrogen-bond acceptors (Lipinski definition) is 4. The number of amides is 1. The van der Waals surface area contributed by atoms with Gasteiger partial charge in [-0.25, -0.2) is 9.36 Å². The molecule has 1 aromatic heterocycles. The fourth-order valence-electron chi connectivity index (χ4n) is 2.44. The van der Waals surface area contributed by atoms with Crippen LogP contribution in [0.4, 0.5) is 5.69 Å². The van der Waals surface area contributed by atoms with Crippen LogP contribution < -0.4 is 21.3 Å². The van der Waals surface area contributed by atoms with Gasteiger partial charge in [-0.1, -0.05) is 17.7 Å². The molecule has 0 fully saturated rings. The SMILES string of the molecule is COc1ccc(NC(=O)c2c[nH]c(=O)n(-c3ccc(C)cc3)c2=O)cc1. The van der Waals surface area contributed by atoms with Crippen molar-refractivity contribution in [3.63, 3.8) is 0 Å². The highest BCUT2D eigenvalue weighted by atomic mass is 16.5. The van der Waals surface area contributed by atoms with E-state index in [0.717, 1.165) is 16.3 Å². The molecule has 0 spiro atoms. The maximum atomic E-state index is 12.7. The van der Waals surface area contributed by atoms with E-state index in [9.17, 15) is 14.4 Å². The first-order valence-electron chi connectivity index (χ1n) is 7.87. The van der Waals surface area contributed by atoms with Crippen LogP contribution in [0.2, 0.25) is 0 Å². The van der Waals surface area contributed by atoms with Gasteiger partial charge in [0.05, 0.1) is 12.8 Å². The Labute approximate surface area is 148 Å². The van der Waals surface area contributed by atoms with Crippen LogP contribution in [-0.4, -0.2) is 22.6 Å². The summed E-state index contributed by atoms with van der Waals surface area (Å²) in [6.07, 6.45) is 1.12. The largest absolute Gasteiger partial charge is 0.497 e. The molecule has 3 aromatic rings. The van der Waals surface area contributed by atoms with Crippen molar-refractivity contribution in [3.8, 4) is 11.4 Å². The fraction of sp³-hybridized carbons (Fsp3) is 0.105. The Hall–Kier alpha value is -3.61. The highest BCUT2D eigenvalue weighted by Gasteiger charge is 2.16. The lowest BCUT2D eigenvalue weighted by atomic mass is 10.2. The van der Waals surface area contributed by atoms with Crippen molar-refractivity contribution in [2.75, 3.05) is 12.4 Å². The Balaban J connectivity index is 1.96. The highest BCUT2D eigenvalue weighted by molar-refractivity contribution is 6.03. The Bertz CT molecular complexity index is 1050. The molecule has 26 heavy (non-hydrogen) atoms. The molecule has 0 bridgehead atoms. The van der Waals surface area contributed by atoms with Gasteiger partial charge in [-0.3, -0.25) is 9.59 Å². The molecule has 0 unspecified atom stereocenters. The quantitative estimate of drug-likeness (QED) is 0.753. The van der Waals surface area contributed by atoms with Gasteiger partial charge in [0.2, 0.25) is 0 Å². The maximum Gasteiger partial charge on any atom is 0.333 e. The van der Waals surface area contributed by atoms with E-state index in [1.165, 1.54) is 0 Å². The Morgan fingerprint density at radius 3 is 2.31 bits per heavy atom. The minimum atomic E-state index is -0.691. The van der Waals surface area contributed by atoms with E-state index in [4.69, 9.17) is 4.74 Å². The van der Waals surface area contributed by atoms with E-state index >= 15 is 0 Å².